The average molecular weight is 228 g/mol. The molecule has 1 aromatic carbocycles. The van der Waals surface area contributed by atoms with E-state index in [1.54, 1.807) is 0 Å². The molecule has 1 rings (SSSR count). The van der Waals surface area contributed by atoms with E-state index in [9.17, 15) is 0 Å². The molecule has 0 fully saturated rings. The summed E-state index contributed by atoms with van der Waals surface area (Å²) in [4.78, 5) is 0. The molecule has 1 aromatic rings. The Morgan fingerprint density at radius 2 is 2.17 bits per heavy atom. The summed E-state index contributed by atoms with van der Waals surface area (Å²) < 4.78 is 1.17. The smallest absolute Gasteiger partial charge is 0.0343 e. The van der Waals surface area contributed by atoms with E-state index in [1.165, 1.54) is 15.7 Å². The Morgan fingerprint density at radius 3 is 2.75 bits per heavy atom. The van der Waals surface area contributed by atoms with Gasteiger partial charge in [-0.15, -0.1) is 0 Å². The minimum absolute atomic E-state index is 1.04. The molecule has 0 bridgehead atoms. The zero-order valence-corrected chi connectivity index (χ0v) is 9.11. The molecule has 1 nitrogen and oxygen atoms in total. The molecular weight excluding hydrogens is 214 g/mol. The summed E-state index contributed by atoms with van der Waals surface area (Å²) in [6.45, 7) is 5.31. The Hall–Kier alpha value is -0.500. The summed E-state index contributed by atoms with van der Waals surface area (Å²) in [5, 5.41) is 3.34. The van der Waals surface area contributed by atoms with Gasteiger partial charge < -0.3 is 5.32 Å². The molecule has 66 valence electrons. The second-order valence-corrected chi connectivity index (χ2v) is 3.75. The summed E-state index contributed by atoms with van der Waals surface area (Å²) >= 11 is 3.47. The molecule has 0 amide bonds. The minimum Gasteiger partial charge on any atom is -0.385 e. The lowest BCUT2D eigenvalue weighted by atomic mass is 10.2. The predicted octanol–water partition coefficient (Wildman–Crippen LogP) is 3.58. The van der Waals surface area contributed by atoms with Crippen LogP contribution in [0, 0.1) is 6.92 Å². The first-order chi connectivity index (χ1) is 5.74. The summed E-state index contributed by atoms with van der Waals surface area (Å²) in [5.41, 5.74) is 2.48. The molecular formula is C10H14BrN. The van der Waals surface area contributed by atoms with Crippen molar-refractivity contribution in [2.75, 3.05) is 11.9 Å². The Bertz CT molecular complexity index is 258. The van der Waals surface area contributed by atoms with Gasteiger partial charge in [0.1, 0.15) is 0 Å². The molecule has 0 unspecified atom stereocenters. The first-order valence-electron chi connectivity index (χ1n) is 4.24. The highest BCUT2D eigenvalue weighted by Gasteiger charge is 1.95. The number of anilines is 1. The van der Waals surface area contributed by atoms with Gasteiger partial charge in [0.15, 0.2) is 0 Å². The van der Waals surface area contributed by atoms with Gasteiger partial charge in [-0.2, -0.15) is 0 Å². The SMILES string of the molecule is CCCNc1ccc(Br)c(C)c1. The zero-order chi connectivity index (χ0) is 8.97. The maximum Gasteiger partial charge on any atom is 0.0343 e. The zero-order valence-electron chi connectivity index (χ0n) is 7.52. The molecule has 12 heavy (non-hydrogen) atoms. The van der Waals surface area contributed by atoms with Crippen molar-refractivity contribution in [2.24, 2.45) is 0 Å². The van der Waals surface area contributed by atoms with Crippen LogP contribution in [0.2, 0.25) is 0 Å². The fraction of sp³-hybridized carbons (Fsp3) is 0.400. The van der Waals surface area contributed by atoms with E-state index in [1.807, 2.05) is 0 Å². The van der Waals surface area contributed by atoms with Crippen LogP contribution in [-0.4, -0.2) is 6.54 Å². The van der Waals surface area contributed by atoms with Crippen LogP contribution in [0.25, 0.3) is 0 Å². The van der Waals surface area contributed by atoms with Crippen molar-refractivity contribution >= 4 is 21.6 Å². The lowest BCUT2D eigenvalue weighted by molar-refractivity contribution is 0.979. The van der Waals surface area contributed by atoms with E-state index in [0.29, 0.717) is 0 Å². The van der Waals surface area contributed by atoms with Gasteiger partial charge in [-0.05, 0) is 37.1 Å². The van der Waals surface area contributed by atoms with E-state index < -0.39 is 0 Å². The van der Waals surface area contributed by atoms with Crippen molar-refractivity contribution in [2.45, 2.75) is 20.3 Å². The van der Waals surface area contributed by atoms with Crippen LogP contribution in [0.5, 0.6) is 0 Å². The topological polar surface area (TPSA) is 12.0 Å². The number of rotatable bonds is 3. The molecule has 0 heterocycles. The molecule has 0 radical (unpaired) electrons. The van der Waals surface area contributed by atoms with Crippen LogP contribution in [0.3, 0.4) is 0 Å². The minimum atomic E-state index is 1.04. The second-order valence-electron chi connectivity index (χ2n) is 2.89. The molecule has 0 aliphatic rings. The monoisotopic (exact) mass is 227 g/mol. The molecule has 0 spiro atoms. The summed E-state index contributed by atoms with van der Waals surface area (Å²) in [7, 11) is 0. The number of benzene rings is 1. The lowest BCUT2D eigenvalue weighted by Gasteiger charge is -2.06. The highest BCUT2D eigenvalue weighted by atomic mass is 79.9. The predicted molar refractivity (Wildman–Crippen MR) is 57.7 cm³/mol. The van der Waals surface area contributed by atoms with E-state index >= 15 is 0 Å². The van der Waals surface area contributed by atoms with Gasteiger partial charge >= 0.3 is 0 Å². The molecule has 0 saturated carbocycles. The highest BCUT2D eigenvalue weighted by molar-refractivity contribution is 9.10. The van der Waals surface area contributed by atoms with Gasteiger partial charge in [0, 0.05) is 16.7 Å². The average Bonchev–Trinajstić information content (AvgIpc) is 2.07. The second kappa shape index (κ2) is 4.51. The fourth-order valence-electron chi connectivity index (χ4n) is 1.02. The van der Waals surface area contributed by atoms with Crippen LogP contribution >= 0.6 is 15.9 Å². The van der Waals surface area contributed by atoms with E-state index in [4.69, 9.17) is 0 Å². The maximum absolute atomic E-state index is 3.47. The molecule has 2 heteroatoms. The third-order valence-corrected chi connectivity index (χ3v) is 2.63. The standard InChI is InChI=1S/C10H14BrN/c1-3-6-12-9-4-5-10(11)8(2)7-9/h4-5,7,12H,3,6H2,1-2H3. The third kappa shape index (κ3) is 2.52. The lowest BCUT2D eigenvalue weighted by Crippen LogP contribution is -1.99. The van der Waals surface area contributed by atoms with Crippen LogP contribution in [0.15, 0.2) is 22.7 Å². The van der Waals surface area contributed by atoms with Crippen molar-refractivity contribution in [3.05, 3.63) is 28.2 Å². The van der Waals surface area contributed by atoms with Crippen LogP contribution in [-0.2, 0) is 0 Å². The highest BCUT2D eigenvalue weighted by Crippen LogP contribution is 2.19. The number of nitrogens with one attached hydrogen (secondary N) is 1. The van der Waals surface area contributed by atoms with Crippen molar-refractivity contribution in [3.8, 4) is 0 Å². The first-order valence-corrected chi connectivity index (χ1v) is 5.03. The molecule has 0 aliphatic heterocycles. The molecule has 0 aliphatic carbocycles. The largest absolute Gasteiger partial charge is 0.385 e. The Labute approximate surface area is 82.3 Å². The van der Waals surface area contributed by atoms with Gasteiger partial charge in [0.05, 0.1) is 0 Å². The van der Waals surface area contributed by atoms with Gasteiger partial charge in [-0.3, -0.25) is 0 Å². The van der Waals surface area contributed by atoms with Gasteiger partial charge in [0.25, 0.3) is 0 Å². The quantitative estimate of drug-likeness (QED) is 0.833. The maximum atomic E-state index is 3.47. The molecule has 0 aromatic heterocycles. The van der Waals surface area contributed by atoms with Crippen LogP contribution in [0.1, 0.15) is 18.9 Å². The van der Waals surface area contributed by atoms with Crippen molar-refractivity contribution in [1.29, 1.82) is 0 Å². The summed E-state index contributed by atoms with van der Waals surface area (Å²) in [5.74, 6) is 0. The first kappa shape index (κ1) is 9.59. The van der Waals surface area contributed by atoms with Crippen LogP contribution in [0.4, 0.5) is 5.69 Å². The van der Waals surface area contributed by atoms with Gasteiger partial charge in [-0.1, -0.05) is 22.9 Å². The number of hydrogen-bond acceptors (Lipinski definition) is 1. The normalized spacial score (nSPS) is 9.92. The molecule has 1 N–H and O–H groups in total. The van der Waals surface area contributed by atoms with E-state index in [2.05, 4.69) is 53.3 Å². The Morgan fingerprint density at radius 1 is 1.42 bits per heavy atom. The summed E-state index contributed by atoms with van der Waals surface area (Å²) in [6.07, 6.45) is 1.16. The Kier molecular flexibility index (Phi) is 3.60. The molecule has 0 atom stereocenters. The van der Waals surface area contributed by atoms with Crippen LogP contribution < -0.4 is 5.32 Å². The third-order valence-electron chi connectivity index (χ3n) is 1.74. The fourth-order valence-corrected chi connectivity index (χ4v) is 1.27. The van der Waals surface area contributed by atoms with Crippen molar-refractivity contribution in [1.82, 2.24) is 0 Å². The van der Waals surface area contributed by atoms with Crippen molar-refractivity contribution in [3.63, 3.8) is 0 Å². The molecule has 0 saturated heterocycles. The number of halogens is 1. The number of aryl methyl sites for hydroxylation is 1. The van der Waals surface area contributed by atoms with E-state index in [-0.39, 0.29) is 0 Å². The van der Waals surface area contributed by atoms with Gasteiger partial charge in [0.2, 0.25) is 0 Å². The number of hydrogen-bond donors (Lipinski definition) is 1. The van der Waals surface area contributed by atoms with Crippen molar-refractivity contribution < 1.29 is 0 Å². The van der Waals surface area contributed by atoms with Gasteiger partial charge in [-0.25, -0.2) is 0 Å². The Balaban J connectivity index is 2.69. The van der Waals surface area contributed by atoms with E-state index in [0.717, 1.165) is 13.0 Å². The summed E-state index contributed by atoms with van der Waals surface area (Å²) in [6, 6.07) is 6.32.